The summed E-state index contributed by atoms with van der Waals surface area (Å²) in [6.07, 6.45) is 4.05. The summed E-state index contributed by atoms with van der Waals surface area (Å²) in [5.74, 6) is 0. The highest BCUT2D eigenvalue weighted by Crippen LogP contribution is 2.18. The Balaban J connectivity index is 1.95. The average Bonchev–Trinajstić information content (AvgIpc) is 3.06. The van der Waals surface area contributed by atoms with Gasteiger partial charge in [0.25, 0.3) is 0 Å². The van der Waals surface area contributed by atoms with Gasteiger partial charge in [-0.25, -0.2) is 0 Å². The molecule has 0 radical (unpaired) electrons. The van der Waals surface area contributed by atoms with E-state index in [0.29, 0.717) is 11.6 Å². The maximum atomic E-state index is 9.00. The number of benzene rings is 1. The molecule has 4 nitrogen and oxygen atoms in total. The molecule has 2 heterocycles. The second-order valence-electron chi connectivity index (χ2n) is 5.21. The van der Waals surface area contributed by atoms with Gasteiger partial charge in [0.15, 0.2) is 0 Å². The second-order valence-corrected chi connectivity index (χ2v) is 5.21. The van der Waals surface area contributed by atoms with Crippen LogP contribution < -0.4 is 0 Å². The third-order valence-corrected chi connectivity index (χ3v) is 3.43. The molecular formula is C16H16N4. The van der Waals surface area contributed by atoms with Crippen LogP contribution in [0.4, 0.5) is 0 Å². The molecule has 0 bridgehead atoms. The lowest BCUT2D eigenvalue weighted by Gasteiger charge is -2.05. The van der Waals surface area contributed by atoms with Gasteiger partial charge in [0.05, 0.1) is 23.9 Å². The van der Waals surface area contributed by atoms with Gasteiger partial charge < -0.3 is 4.57 Å². The Morgan fingerprint density at radius 2 is 2.05 bits per heavy atom. The van der Waals surface area contributed by atoms with Gasteiger partial charge in [0, 0.05) is 24.0 Å². The van der Waals surface area contributed by atoms with E-state index in [1.165, 1.54) is 0 Å². The first-order chi connectivity index (χ1) is 9.67. The molecule has 0 unspecified atom stereocenters. The summed E-state index contributed by atoms with van der Waals surface area (Å²) in [6, 6.07) is 12.4. The normalized spacial score (nSPS) is 11.1. The number of nitriles is 1. The molecule has 0 amide bonds. The maximum absolute atomic E-state index is 9.00. The van der Waals surface area contributed by atoms with Gasteiger partial charge in [-0.15, -0.1) is 0 Å². The molecule has 0 saturated carbocycles. The van der Waals surface area contributed by atoms with E-state index in [2.05, 4.69) is 35.6 Å². The molecule has 0 atom stereocenters. The first-order valence-corrected chi connectivity index (χ1v) is 6.70. The van der Waals surface area contributed by atoms with Gasteiger partial charge in [0.1, 0.15) is 0 Å². The molecule has 100 valence electrons. The largest absolute Gasteiger partial charge is 0.341 e. The number of hydrogen-bond donors (Lipinski definition) is 0. The lowest BCUT2D eigenvalue weighted by atomic mass is 10.2. The van der Waals surface area contributed by atoms with E-state index in [1.807, 2.05) is 41.3 Å². The number of hydrogen-bond acceptors (Lipinski definition) is 2. The van der Waals surface area contributed by atoms with Crippen LogP contribution in [0.1, 0.15) is 31.1 Å². The van der Waals surface area contributed by atoms with Crippen molar-refractivity contribution < 1.29 is 0 Å². The standard InChI is InChI=1S/C16H16N4/c1-12(2)20-8-6-15(18-20)11-19-7-5-14-4-3-13(10-17)9-16(14)19/h3-9,12H,11H2,1-2H3. The summed E-state index contributed by atoms with van der Waals surface area (Å²) in [6.45, 7) is 4.94. The van der Waals surface area contributed by atoms with Crippen molar-refractivity contribution in [3.05, 3.63) is 54.0 Å². The maximum Gasteiger partial charge on any atom is 0.0992 e. The minimum Gasteiger partial charge on any atom is -0.341 e. The molecule has 0 aliphatic heterocycles. The van der Waals surface area contributed by atoms with E-state index in [4.69, 9.17) is 5.26 Å². The minimum atomic E-state index is 0.371. The van der Waals surface area contributed by atoms with Gasteiger partial charge in [-0.05, 0) is 43.5 Å². The molecule has 0 N–H and O–H groups in total. The molecule has 2 aromatic heterocycles. The van der Waals surface area contributed by atoms with E-state index in [-0.39, 0.29) is 0 Å². The van der Waals surface area contributed by atoms with Gasteiger partial charge >= 0.3 is 0 Å². The number of aromatic nitrogens is 3. The van der Waals surface area contributed by atoms with Gasteiger partial charge in [-0.2, -0.15) is 10.4 Å². The fraction of sp³-hybridized carbons (Fsp3) is 0.250. The van der Waals surface area contributed by atoms with Crippen LogP contribution in [0.3, 0.4) is 0 Å². The topological polar surface area (TPSA) is 46.5 Å². The highest BCUT2D eigenvalue weighted by Gasteiger charge is 2.06. The van der Waals surface area contributed by atoms with Gasteiger partial charge in [-0.1, -0.05) is 6.07 Å². The van der Waals surface area contributed by atoms with Crippen LogP contribution in [0.25, 0.3) is 10.9 Å². The fourth-order valence-electron chi connectivity index (χ4n) is 2.32. The molecular weight excluding hydrogens is 248 g/mol. The predicted molar refractivity (Wildman–Crippen MR) is 78.4 cm³/mol. The zero-order valence-electron chi connectivity index (χ0n) is 11.6. The molecule has 0 fully saturated rings. The van der Waals surface area contributed by atoms with Gasteiger partial charge in [0.2, 0.25) is 0 Å². The Bertz CT molecular complexity index is 786. The third kappa shape index (κ3) is 2.19. The van der Waals surface area contributed by atoms with Crippen molar-refractivity contribution in [2.24, 2.45) is 0 Å². The van der Waals surface area contributed by atoms with Gasteiger partial charge in [-0.3, -0.25) is 4.68 Å². The Hall–Kier alpha value is -2.54. The van der Waals surface area contributed by atoms with Crippen LogP contribution in [0.5, 0.6) is 0 Å². The Kier molecular flexibility index (Phi) is 3.03. The van der Waals surface area contributed by atoms with Crippen molar-refractivity contribution >= 4 is 10.9 Å². The molecule has 3 rings (SSSR count). The summed E-state index contributed by atoms with van der Waals surface area (Å²) in [7, 11) is 0. The highest BCUT2D eigenvalue weighted by atomic mass is 15.3. The van der Waals surface area contributed by atoms with Crippen LogP contribution >= 0.6 is 0 Å². The van der Waals surface area contributed by atoms with E-state index in [0.717, 1.165) is 23.1 Å². The zero-order chi connectivity index (χ0) is 14.1. The molecule has 3 aromatic rings. The average molecular weight is 264 g/mol. The first-order valence-electron chi connectivity index (χ1n) is 6.70. The summed E-state index contributed by atoms with van der Waals surface area (Å²) in [4.78, 5) is 0. The van der Waals surface area contributed by atoms with Crippen molar-refractivity contribution in [2.45, 2.75) is 26.4 Å². The van der Waals surface area contributed by atoms with Crippen LogP contribution in [-0.4, -0.2) is 14.3 Å². The molecule has 0 spiro atoms. The molecule has 1 aromatic carbocycles. The smallest absolute Gasteiger partial charge is 0.0992 e. The molecule has 0 aliphatic rings. The van der Waals surface area contributed by atoms with Crippen molar-refractivity contribution in [1.82, 2.24) is 14.3 Å². The number of fused-ring (bicyclic) bond motifs is 1. The molecule has 20 heavy (non-hydrogen) atoms. The van der Waals surface area contributed by atoms with E-state index in [9.17, 15) is 0 Å². The molecule has 0 aliphatic carbocycles. The van der Waals surface area contributed by atoms with E-state index < -0.39 is 0 Å². The van der Waals surface area contributed by atoms with E-state index >= 15 is 0 Å². The predicted octanol–water partition coefficient (Wildman–Crippen LogP) is 3.34. The minimum absolute atomic E-state index is 0.371. The Morgan fingerprint density at radius 3 is 2.75 bits per heavy atom. The van der Waals surface area contributed by atoms with Crippen LogP contribution in [0.15, 0.2) is 42.7 Å². The number of rotatable bonds is 3. The van der Waals surface area contributed by atoms with E-state index in [1.54, 1.807) is 0 Å². The van der Waals surface area contributed by atoms with Crippen molar-refractivity contribution in [3.63, 3.8) is 0 Å². The Morgan fingerprint density at radius 1 is 1.20 bits per heavy atom. The van der Waals surface area contributed by atoms with Crippen LogP contribution in [0, 0.1) is 11.3 Å². The third-order valence-electron chi connectivity index (χ3n) is 3.43. The first kappa shape index (κ1) is 12.5. The number of nitrogens with zero attached hydrogens (tertiary/aromatic N) is 4. The lowest BCUT2D eigenvalue weighted by molar-refractivity contribution is 0.524. The summed E-state index contributed by atoms with van der Waals surface area (Å²) >= 11 is 0. The lowest BCUT2D eigenvalue weighted by Crippen LogP contribution is -2.04. The quantitative estimate of drug-likeness (QED) is 0.728. The summed E-state index contributed by atoms with van der Waals surface area (Å²) < 4.78 is 4.09. The monoisotopic (exact) mass is 264 g/mol. The Labute approximate surface area is 117 Å². The highest BCUT2D eigenvalue weighted by molar-refractivity contribution is 5.81. The zero-order valence-corrected chi connectivity index (χ0v) is 11.6. The molecule has 0 saturated heterocycles. The van der Waals surface area contributed by atoms with Crippen molar-refractivity contribution in [2.75, 3.05) is 0 Å². The van der Waals surface area contributed by atoms with Crippen LogP contribution in [0.2, 0.25) is 0 Å². The fourth-order valence-corrected chi connectivity index (χ4v) is 2.32. The van der Waals surface area contributed by atoms with Crippen molar-refractivity contribution in [1.29, 1.82) is 5.26 Å². The van der Waals surface area contributed by atoms with Crippen molar-refractivity contribution in [3.8, 4) is 6.07 Å². The summed E-state index contributed by atoms with van der Waals surface area (Å²) in [5, 5.41) is 14.7. The molecule has 4 heteroatoms. The van der Waals surface area contributed by atoms with Crippen LogP contribution in [-0.2, 0) is 6.54 Å². The summed E-state index contributed by atoms with van der Waals surface area (Å²) in [5.41, 5.74) is 2.78. The SMILES string of the molecule is CC(C)n1ccc(Cn2ccc3ccc(C#N)cc32)n1. The second kappa shape index (κ2) is 4.86.